The van der Waals surface area contributed by atoms with Gasteiger partial charge in [0.15, 0.2) is 5.96 Å². The van der Waals surface area contributed by atoms with Crippen molar-refractivity contribution in [1.82, 2.24) is 14.8 Å². The maximum atomic E-state index is 13.4. The highest BCUT2D eigenvalue weighted by Crippen LogP contribution is 2.33. The van der Waals surface area contributed by atoms with E-state index in [1.807, 2.05) is 0 Å². The zero-order valence-corrected chi connectivity index (χ0v) is 19.1. The molecule has 1 fully saturated rings. The third kappa shape index (κ3) is 5.61. The monoisotopic (exact) mass is 472 g/mol. The van der Waals surface area contributed by atoms with Gasteiger partial charge in [-0.2, -0.15) is 0 Å². The van der Waals surface area contributed by atoms with E-state index in [9.17, 15) is 18.0 Å². The number of carbonyl (C=O) groups is 1. The number of nitrogens with zero attached hydrogens (tertiary/aromatic N) is 2. The molecule has 1 aliphatic heterocycles. The van der Waals surface area contributed by atoms with Crippen LogP contribution in [-0.4, -0.2) is 36.8 Å². The molecule has 2 aromatic rings. The number of likely N-dealkylation sites (tertiary alicyclic amines) is 1. The van der Waals surface area contributed by atoms with E-state index in [-0.39, 0.29) is 23.3 Å². The highest BCUT2D eigenvalue weighted by Gasteiger charge is 2.33. The minimum Gasteiger partial charge on any atom is -0.370 e. The summed E-state index contributed by atoms with van der Waals surface area (Å²) in [6.45, 7) is 5.99. The number of nitrogens with two attached hydrogens (primary N) is 1. The number of piperidine rings is 1. The highest BCUT2D eigenvalue weighted by molar-refractivity contribution is 7.91. The van der Waals surface area contributed by atoms with E-state index in [1.165, 1.54) is 10.6 Å². The summed E-state index contributed by atoms with van der Waals surface area (Å²) in [6, 6.07) is 11.7. The predicted molar refractivity (Wildman–Crippen MR) is 127 cm³/mol. The van der Waals surface area contributed by atoms with Crippen LogP contribution in [0.25, 0.3) is 0 Å². The molecule has 5 N–H and O–H groups in total. The zero-order chi connectivity index (χ0) is 24.2. The Labute approximate surface area is 192 Å². The lowest BCUT2D eigenvalue weighted by molar-refractivity contribution is -0.109. The average Bonchev–Trinajstić information content (AvgIpc) is 2.76. The summed E-state index contributed by atoms with van der Waals surface area (Å²) in [6.07, 6.45) is 0.860. The number of rotatable bonds is 8. The van der Waals surface area contributed by atoms with Gasteiger partial charge in [0.2, 0.25) is 16.4 Å². The fourth-order valence-corrected chi connectivity index (χ4v) is 5.26. The maximum Gasteiger partial charge on any atom is 0.276 e. The molecule has 2 atom stereocenters. The SMILES string of the molecule is C=C(NC=O)C1CCN(C(=N)N)C(n2c(C)ccc(NS(=O)(=O)Cc3ccccc3)c2=O)C1. The van der Waals surface area contributed by atoms with Crippen LogP contribution in [0.15, 0.2) is 59.5 Å². The Morgan fingerprint density at radius 1 is 1.27 bits per heavy atom. The molecule has 1 aliphatic rings. The van der Waals surface area contributed by atoms with Gasteiger partial charge in [-0.3, -0.25) is 24.3 Å². The van der Waals surface area contributed by atoms with Gasteiger partial charge < -0.3 is 16.0 Å². The predicted octanol–water partition coefficient (Wildman–Crippen LogP) is 1.46. The molecule has 1 aromatic heterocycles. The molecular formula is C22H28N6O4S. The van der Waals surface area contributed by atoms with E-state index >= 15 is 0 Å². The summed E-state index contributed by atoms with van der Waals surface area (Å²) >= 11 is 0. The van der Waals surface area contributed by atoms with Crippen molar-refractivity contribution in [2.45, 2.75) is 31.7 Å². The van der Waals surface area contributed by atoms with Crippen LogP contribution in [0.2, 0.25) is 0 Å². The summed E-state index contributed by atoms with van der Waals surface area (Å²) < 4.78 is 29.2. The Morgan fingerprint density at radius 3 is 2.61 bits per heavy atom. The average molecular weight is 473 g/mol. The van der Waals surface area contributed by atoms with Crippen LogP contribution in [0.4, 0.5) is 5.69 Å². The van der Waals surface area contributed by atoms with Crippen molar-refractivity contribution >= 4 is 28.1 Å². The quantitative estimate of drug-likeness (QED) is 0.259. The van der Waals surface area contributed by atoms with Crippen LogP contribution >= 0.6 is 0 Å². The lowest BCUT2D eigenvalue weighted by atomic mass is 9.91. The largest absolute Gasteiger partial charge is 0.370 e. The second-order valence-corrected chi connectivity index (χ2v) is 9.70. The molecule has 10 nitrogen and oxygen atoms in total. The number of aryl methyl sites for hydroxylation is 1. The molecule has 0 aliphatic carbocycles. The van der Waals surface area contributed by atoms with Gasteiger partial charge in [-0.15, -0.1) is 0 Å². The van der Waals surface area contributed by atoms with Crippen LogP contribution in [0.5, 0.6) is 0 Å². The minimum atomic E-state index is -3.84. The first-order chi connectivity index (χ1) is 15.6. The van der Waals surface area contributed by atoms with Crippen LogP contribution in [0.3, 0.4) is 0 Å². The topological polar surface area (TPSA) is 150 Å². The Kier molecular flexibility index (Phi) is 7.22. The number of hydrogen-bond donors (Lipinski definition) is 4. The standard InChI is InChI=1S/C22H28N6O4S/c1-15-8-9-19(26-33(31,32)13-17-6-4-3-5-7-17)21(30)28(15)20-12-18(16(2)25-14-29)10-11-27(20)22(23)24/h3-9,14,18,20,26H,2,10-13H2,1H3,(H3,23,24)(H,25,29). The molecule has 3 rings (SSSR count). The molecule has 176 valence electrons. The molecule has 0 spiro atoms. The first kappa shape index (κ1) is 24.1. The third-order valence-corrected chi connectivity index (χ3v) is 6.95. The van der Waals surface area contributed by atoms with Crippen molar-refractivity contribution in [2.24, 2.45) is 11.7 Å². The first-order valence-electron chi connectivity index (χ1n) is 10.4. The molecule has 1 aromatic carbocycles. The highest BCUT2D eigenvalue weighted by atomic mass is 32.2. The van der Waals surface area contributed by atoms with Gasteiger partial charge in [-0.25, -0.2) is 8.42 Å². The van der Waals surface area contributed by atoms with Gasteiger partial charge in [0.05, 0.1) is 5.75 Å². The first-order valence-corrected chi connectivity index (χ1v) is 12.0. The smallest absolute Gasteiger partial charge is 0.276 e. The van der Waals surface area contributed by atoms with Crippen molar-refractivity contribution in [3.05, 3.63) is 76.4 Å². The Morgan fingerprint density at radius 2 is 1.97 bits per heavy atom. The fraction of sp³-hybridized carbons (Fsp3) is 0.318. The summed E-state index contributed by atoms with van der Waals surface area (Å²) in [4.78, 5) is 25.8. The van der Waals surface area contributed by atoms with Crippen LogP contribution in [-0.2, 0) is 20.6 Å². The Balaban J connectivity index is 1.95. The number of aromatic nitrogens is 1. The number of pyridine rings is 1. The molecule has 0 radical (unpaired) electrons. The van der Waals surface area contributed by atoms with Gasteiger partial charge in [-0.05, 0) is 37.5 Å². The number of nitrogens with one attached hydrogen (secondary N) is 3. The lowest BCUT2D eigenvalue weighted by Crippen LogP contribution is -2.50. The molecule has 0 bridgehead atoms. The van der Waals surface area contributed by atoms with E-state index in [4.69, 9.17) is 11.1 Å². The van der Waals surface area contributed by atoms with Gasteiger partial charge >= 0.3 is 0 Å². The fourth-order valence-electron chi connectivity index (χ4n) is 4.07. The van der Waals surface area contributed by atoms with E-state index in [2.05, 4.69) is 16.6 Å². The van der Waals surface area contributed by atoms with Crippen molar-refractivity contribution < 1.29 is 13.2 Å². The van der Waals surface area contributed by atoms with Gasteiger partial charge in [-0.1, -0.05) is 36.9 Å². The number of guanidine groups is 1. The molecule has 1 amide bonds. The zero-order valence-electron chi connectivity index (χ0n) is 18.3. The summed E-state index contributed by atoms with van der Waals surface area (Å²) in [7, 11) is -3.84. The lowest BCUT2D eigenvalue weighted by Gasteiger charge is -2.41. The number of amides is 1. The summed E-state index contributed by atoms with van der Waals surface area (Å²) in [5, 5.41) is 10.5. The number of carbonyl (C=O) groups excluding carboxylic acids is 1. The van der Waals surface area contributed by atoms with Gasteiger partial charge in [0.1, 0.15) is 11.9 Å². The summed E-state index contributed by atoms with van der Waals surface area (Å²) in [5.74, 6) is -0.613. The van der Waals surface area contributed by atoms with E-state index in [0.29, 0.717) is 42.8 Å². The van der Waals surface area contributed by atoms with Crippen molar-refractivity contribution in [3.63, 3.8) is 0 Å². The summed E-state index contributed by atoms with van der Waals surface area (Å²) in [5.41, 5.74) is 6.85. The second kappa shape index (κ2) is 9.90. The molecule has 33 heavy (non-hydrogen) atoms. The maximum absolute atomic E-state index is 13.4. The van der Waals surface area contributed by atoms with Crippen LogP contribution in [0.1, 0.15) is 30.3 Å². The number of benzene rings is 1. The Bertz CT molecular complexity index is 1210. The van der Waals surface area contributed by atoms with Gasteiger partial charge in [0.25, 0.3) is 5.56 Å². The van der Waals surface area contributed by atoms with E-state index < -0.39 is 21.7 Å². The molecule has 0 saturated carbocycles. The number of allylic oxidation sites excluding steroid dienone is 1. The third-order valence-electron chi connectivity index (χ3n) is 5.70. The molecular weight excluding hydrogens is 444 g/mol. The Hall–Kier alpha value is -3.60. The molecule has 11 heteroatoms. The number of hydrogen-bond acceptors (Lipinski definition) is 5. The van der Waals surface area contributed by atoms with Crippen molar-refractivity contribution in [3.8, 4) is 0 Å². The van der Waals surface area contributed by atoms with Crippen LogP contribution in [0, 0.1) is 18.3 Å². The van der Waals surface area contributed by atoms with Gasteiger partial charge in [0, 0.05) is 23.9 Å². The van der Waals surface area contributed by atoms with E-state index in [1.54, 1.807) is 48.2 Å². The normalized spacial score (nSPS) is 18.4. The number of sulfonamides is 1. The molecule has 2 heterocycles. The van der Waals surface area contributed by atoms with E-state index in [0.717, 1.165) is 0 Å². The van der Waals surface area contributed by atoms with Crippen molar-refractivity contribution in [2.75, 3.05) is 11.3 Å². The molecule has 1 saturated heterocycles. The minimum absolute atomic E-state index is 0.0907. The molecule has 2 unspecified atom stereocenters. The second-order valence-electron chi connectivity index (χ2n) is 7.98. The number of anilines is 1. The van der Waals surface area contributed by atoms with Crippen molar-refractivity contribution in [1.29, 1.82) is 5.41 Å². The van der Waals surface area contributed by atoms with Crippen LogP contribution < -0.4 is 21.3 Å².